The van der Waals surface area contributed by atoms with E-state index in [4.69, 9.17) is 0 Å². The lowest BCUT2D eigenvalue weighted by Crippen LogP contribution is -2.46. The van der Waals surface area contributed by atoms with E-state index in [1.807, 2.05) is 47.4 Å². The summed E-state index contributed by atoms with van der Waals surface area (Å²) in [6.07, 6.45) is -1.24. The third kappa shape index (κ3) is 6.65. The van der Waals surface area contributed by atoms with Crippen molar-refractivity contribution in [1.29, 1.82) is 0 Å². The first-order chi connectivity index (χ1) is 18.7. The van der Waals surface area contributed by atoms with Crippen LogP contribution in [0.1, 0.15) is 65.7 Å². The number of likely N-dealkylation sites (N-methyl/N-ethyl adjacent to an activating group) is 1. The van der Waals surface area contributed by atoms with Gasteiger partial charge in [0.05, 0.1) is 11.1 Å². The number of halogens is 3. The number of likely N-dealkylation sites (tertiary alicyclic amines) is 1. The molecule has 1 aliphatic heterocycles. The van der Waals surface area contributed by atoms with E-state index in [2.05, 4.69) is 29.0 Å². The maximum absolute atomic E-state index is 13.6. The number of rotatable bonds is 8. The molecule has 3 aromatic rings. The first-order valence-corrected chi connectivity index (χ1v) is 13.2. The molecule has 1 fully saturated rings. The SMILES string of the molecule is CCN(CC)C(C(=O)N1CCC(c2ccc(NC(=O)c3ccncc3C(F)(F)F)cc2)CC1)c1ccccc1. The number of alkyl halides is 3. The van der Waals surface area contributed by atoms with E-state index in [9.17, 15) is 22.8 Å². The number of piperidine rings is 1. The van der Waals surface area contributed by atoms with Crippen molar-refractivity contribution in [2.45, 2.75) is 44.8 Å². The second-order valence-electron chi connectivity index (χ2n) is 9.63. The first-order valence-electron chi connectivity index (χ1n) is 13.2. The highest BCUT2D eigenvalue weighted by molar-refractivity contribution is 6.05. The lowest BCUT2D eigenvalue weighted by Gasteiger charge is -2.37. The Morgan fingerprint density at radius 3 is 2.23 bits per heavy atom. The molecule has 9 heteroatoms. The number of anilines is 1. The van der Waals surface area contributed by atoms with E-state index in [-0.39, 0.29) is 17.9 Å². The van der Waals surface area contributed by atoms with Crippen molar-refractivity contribution in [3.05, 3.63) is 95.3 Å². The number of amides is 2. The molecule has 1 saturated heterocycles. The van der Waals surface area contributed by atoms with Gasteiger partial charge in [-0.15, -0.1) is 0 Å². The third-order valence-corrected chi connectivity index (χ3v) is 7.34. The smallest absolute Gasteiger partial charge is 0.341 e. The van der Waals surface area contributed by atoms with Crippen molar-refractivity contribution in [2.24, 2.45) is 0 Å². The number of hydrogen-bond acceptors (Lipinski definition) is 4. The van der Waals surface area contributed by atoms with Gasteiger partial charge in [-0.05, 0) is 61.2 Å². The summed E-state index contributed by atoms with van der Waals surface area (Å²) in [5, 5.41) is 2.55. The Kier molecular flexibility index (Phi) is 9.01. The second-order valence-corrected chi connectivity index (χ2v) is 9.63. The summed E-state index contributed by atoms with van der Waals surface area (Å²) < 4.78 is 39.7. The molecule has 2 heterocycles. The summed E-state index contributed by atoms with van der Waals surface area (Å²) in [5.74, 6) is -0.472. The third-order valence-electron chi connectivity index (χ3n) is 7.34. The maximum atomic E-state index is 13.6. The van der Waals surface area contributed by atoms with E-state index in [0.717, 1.165) is 49.3 Å². The highest BCUT2D eigenvalue weighted by Crippen LogP contribution is 2.33. The number of pyridine rings is 1. The number of carbonyl (C=O) groups is 2. The summed E-state index contributed by atoms with van der Waals surface area (Å²) in [6.45, 7) is 6.98. The minimum Gasteiger partial charge on any atom is -0.341 e. The fourth-order valence-corrected chi connectivity index (χ4v) is 5.20. The van der Waals surface area contributed by atoms with Crippen LogP contribution in [0.15, 0.2) is 73.1 Å². The van der Waals surface area contributed by atoms with Gasteiger partial charge in [-0.2, -0.15) is 13.2 Å². The Labute approximate surface area is 226 Å². The summed E-state index contributed by atoms with van der Waals surface area (Å²) in [4.78, 5) is 33.8. The Morgan fingerprint density at radius 1 is 1.00 bits per heavy atom. The van der Waals surface area contributed by atoms with Gasteiger partial charge >= 0.3 is 6.18 Å². The van der Waals surface area contributed by atoms with Crippen LogP contribution < -0.4 is 5.32 Å². The van der Waals surface area contributed by atoms with Crippen molar-refractivity contribution in [3.63, 3.8) is 0 Å². The van der Waals surface area contributed by atoms with E-state index in [0.29, 0.717) is 25.0 Å². The molecule has 2 aromatic carbocycles. The molecule has 0 saturated carbocycles. The molecule has 1 N–H and O–H groups in total. The molecular formula is C30H33F3N4O2. The topological polar surface area (TPSA) is 65.5 Å². The molecule has 0 spiro atoms. The van der Waals surface area contributed by atoms with E-state index < -0.39 is 23.2 Å². The molecule has 206 valence electrons. The first kappa shape index (κ1) is 28.3. The standard InChI is InChI=1S/C30H33F3N4O2/c1-3-36(4-2)27(23-8-6-5-7-9-23)29(39)37-18-15-22(16-19-37)21-10-12-24(13-11-21)35-28(38)25-14-17-34-20-26(25)30(31,32)33/h5-14,17,20,22,27H,3-4,15-16,18-19H2,1-2H3,(H,35,38). The molecule has 6 nitrogen and oxygen atoms in total. The van der Waals surface area contributed by atoms with Gasteiger partial charge < -0.3 is 10.2 Å². The van der Waals surface area contributed by atoms with Gasteiger partial charge in [0.2, 0.25) is 5.91 Å². The van der Waals surface area contributed by atoms with Gasteiger partial charge in [-0.25, -0.2) is 0 Å². The van der Waals surface area contributed by atoms with Crippen LogP contribution in [-0.2, 0) is 11.0 Å². The van der Waals surface area contributed by atoms with Crippen LogP contribution in [0.25, 0.3) is 0 Å². The summed E-state index contributed by atoms with van der Waals surface area (Å²) in [5.41, 5.74) is 0.933. The number of aromatic nitrogens is 1. The van der Waals surface area contributed by atoms with Crippen molar-refractivity contribution in [2.75, 3.05) is 31.5 Å². The van der Waals surface area contributed by atoms with Gasteiger partial charge in [0, 0.05) is 31.2 Å². The molecule has 0 bridgehead atoms. The maximum Gasteiger partial charge on any atom is 0.418 e. The molecule has 0 aliphatic carbocycles. The average Bonchev–Trinajstić information content (AvgIpc) is 2.96. The quantitative estimate of drug-likeness (QED) is 0.374. The minimum atomic E-state index is -4.67. The monoisotopic (exact) mass is 538 g/mol. The molecule has 1 atom stereocenters. The largest absolute Gasteiger partial charge is 0.418 e. The molecule has 1 aliphatic rings. The van der Waals surface area contributed by atoms with Crippen molar-refractivity contribution < 1.29 is 22.8 Å². The van der Waals surface area contributed by atoms with E-state index >= 15 is 0 Å². The summed E-state index contributed by atoms with van der Waals surface area (Å²) in [6, 6.07) is 17.8. The van der Waals surface area contributed by atoms with E-state index in [1.54, 1.807) is 12.1 Å². The van der Waals surface area contributed by atoms with Gasteiger partial charge in [0.25, 0.3) is 5.91 Å². The van der Waals surface area contributed by atoms with Crippen LogP contribution in [0.3, 0.4) is 0 Å². The van der Waals surface area contributed by atoms with Crippen LogP contribution in [0, 0.1) is 0 Å². The fraction of sp³-hybridized carbons (Fsp3) is 0.367. The van der Waals surface area contributed by atoms with Gasteiger partial charge in [0.15, 0.2) is 0 Å². The number of nitrogens with one attached hydrogen (secondary N) is 1. The molecule has 0 radical (unpaired) electrons. The Bertz CT molecular complexity index is 1250. The van der Waals surface area contributed by atoms with Crippen LogP contribution in [-0.4, -0.2) is 52.8 Å². The van der Waals surface area contributed by atoms with Crippen molar-refractivity contribution >= 4 is 17.5 Å². The Balaban J connectivity index is 1.39. The lowest BCUT2D eigenvalue weighted by molar-refractivity contribution is -0.139. The van der Waals surface area contributed by atoms with Gasteiger partial charge in [-0.1, -0.05) is 56.3 Å². The van der Waals surface area contributed by atoms with Crippen molar-refractivity contribution in [1.82, 2.24) is 14.8 Å². The molecule has 39 heavy (non-hydrogen) atoms. The minimum absolute atomic E-state index is 0.121. The zero-order valence-electron chi connectivity index (χ0n) is 22.1. The van der Waals surface area contributed by atoms with E-state index in [1.165, 1.54) is 0 Å². The van der Waals surface area contributed by atoms with Crippen LogP contribution >= 0.6 is 0 Å². The fourth-order valence-electron chi connectivity index (χ4n) is 5.20. The van der Waals surface area contributed by atoms with Crippen molar-refractivity contribution in [3.8, 4) is 0 Å². The lowest BCUT2D eigenvalue weighted by atomic mass is 9.89. The van der Waals surface area contributed by atoms with Gasteiger partial charge in [-0.3, -0.25) is 19.5 Å². The summed E-state index contributed by atoms with van der Waals surface area (Å²) >= 11 is 0. The number of nitrogens with zero attached hydrogens (tertiary/aromatic N) is 3. The average molecular weight is 539 g/mol. The number of benzene rings is 2. The zero-order chi connectivity index (χ0) is 28.0. The second kappa shape index (κ2) is 12.4. The Hall–Kier alpha value is -3.72. The van der Waals surface area contributed by atoms with Crippen LogP contribution in [0.2, 0.25) is 0 Å². The Morgan fingerprint density at radius 2 is 1.64 bits per heavy atom. The predicted octanol–water partition coefficient (Wildman–Crippen LogP) is 6.14. The number of hydrogen-bond donors (Lipinski definition) is 1. The molecule has 2 amide bonds. The normalized spacial score (nSPS) is 15.3. The highest BCUT2D eigenvalue weighted by Gasteiger charge is 2.36. The zero-order valence-corrected chi connectivity index (χ0v) is 22.1. The molecule has 1 aromatic heterocycles. The summed E-state index contributed by atoms with van der Waals surface area (Å²) in [7, 11) is 0. The molecule has 4 rings (SSSR count). The number of carbonyl (C=O) groups excluding carboxylic acids is 2. The van der Waals surface area contributed by atoms with Crippen LogP contribution in [0.5, 0.6) is 0 Å². The molecular weight excluding hydrogens is 505 g/mol. The predicted molar refractivity (Wildman–Crippen MR) is 144 cm³/mol. The van der Waals surface area contributed by atoms with Crippen LogP contribution in [0.4, 0.5) is 18.9 Å². The molecule has 1 unspecified atom stereocenters. The highest BCUT2D eigenvalue weighted by atomic mass is 19.4. The van der Waals surface area contributed by atoms with Gasteiger partial charge in [0.1, 0.15) is 6.04 Å².